The Morgan fingerprint density at radius 2 is 1.90 bits per heavy atom. The van der Waals surface area contributed by atoms with E-state index in [1.165, 1.54) is 27.8 Å². The number of nitrogens with zero attached hydrogens (tertiary/aromatic N) is 2. The summed E-state index contributed by atoms with van der Waals surface area (Å²) in [6.07, 6.45) is 6.92. The maximum Gasteiger partial charge on any atom is 0.293 e. The van der Waals surface area contributed by atoms with Gasteiger partial charge in [0.1, 0.15) is 0 Å². The first-order valence-electron chi connectivity index (χ1n) is 13.8. The summed E-state index contributed by atoms with van der Waals surface area (Å²) in [4.78, 5) is 45.1. The van der Waals surface area contributed by atoms with Gasteiger partial charge >= 0.3 is 0 Å². The highest BCUT2D eigenvalue weighted by Crippen LogP contribution is 2.32. The predicted octanol–water partition coefficient (Wildman–Crippen LogP) is 5.41. The molecule has 5 rings (SSSR count). The molecular formula is C31H34N6O3S. The summed E-state index contributed by atoms with van der Waals surface area (Å²) >= 11 is 1.58. The van der Waals surface area contributed by atoms with Crippen LogP contribution in [-0.4, -0.2) is 27.9 Å². The Morgan fingerprint density at radius 3 is 2.66 bits per heavy atom. The average molecular weight is 571 g/mol. The number of hydrogen-bond acceptors (Lipinski definition) is 7. The fourth-order valence-electron chi connectivity index (χ4n) is 4.97. The second-order valence-corrected chi connectivity index (χ2v) is 11.4. The number of rotatable bonds is 8. The fourth-order valence-corrected chi connectivity index (χ4v) is 6.12. The topological polar surface area (TPSA) is 131 Å². The number of fused-ring (bicyclic) bond motifs is 1. The van der Waals surface area contributed by atoms with E-state index in [-0.39, 0.29) is 23.2 Å². The molecule has 2 aromatic heterocycles. The number of nitrogen functional groups attached to an aromatic ring is 1. The zero-order chi connectivity index (χ0) is 29.1. The van der Waals surface area contributed by atoms with Crippen LogP contribution < -0.4 is 27.2 Å². The number of aryl methyl sites for hydroxylation is 3. The van der Waals surface area contributed by atoms with Crippen molar-refractivity contribution in [2.75, 3.05) is 22.9 Å². The van der Waals surface area contributed by atoms with Crippen molar-refractivity contribution in [1.29, 1.82) is 0 Å². The van der Waals surface area contributed by atoms with Gasteiger partial charge in [-0.25, -0.2) is 4.98 Å². The Hall–Kier alpha value is -4.44. The van der Waals surface area contributed by atoms with Crippen molar-refractivity contribution in [2.45, 2.75) is 46.0 Å². The minimum Gasteiger partial charge on any atom is -0.398 e. The molecule has 0 bridgehead atoms. The van der Waals surface area contributed by atoms with Gasteiger partial charge in [0, 0.05) is 47.3 Å². The number of hydrogen-bond donors (Lipinski definition) is 4. The lowest BCUT2D eigenvalue weighted by Crippen LogP contribution is -2.25. The Labute approximate surface area is 242 Å². The summed E-state index contributed by atoms with van der Waals surface area (Å²) < 4.78 is 1.46. The Bertz CT molecular complexity index is 1670. The van der Waals surface area contributed by atoms with Gasteiger partial charge in [-0.1, -0.05) is 19.1 Å². The lowest BCUT2D eigenvalue weighted by atomic mass is 9.99. The molecule has 2 aromatic carbocycles. The molecule has 0 unspecified atom stereocenters. The largest absolute Gasteiger partial charge is 0.398 e. The number of thiophene rings is 1. The highest BCUT2D eigenvalue weighted by Gasteiger charge is 2.19. The second kappa shape index (κ2) is 12.0. The number of carbonyl (C=O) groups is 2. The molecule has 5 N–H and O–H groups in total. The summed E-state index contributed by atoms with van der Waals surface area (Å²) in [5, 5.41) is 8.94. The van der Waals surface area contributed by atoms with Crippen molar-refractivity contribution in [3.63, 3.8) is 0 Å². The first-order chi connectivity index (χ1) is 19.7. The van der Waals surface area contributed by atoms with Gasteiger partial charge in [-0.15, -0.1) is 11.3 Å². The summed E-state index contributed by atoms with van der Waals surface area (Å²) in [7, 11) is 1.66. The molecule has 0 fully saturated rings. The number of carbonyl (C=O) groups excluding carboxylic acids is 2. The van der Waals surface area contributed by atoms with Crippen LogP contribution in [0.4, 0.5) is 22.9 Å². The number of nitrogens with one attached hydrogen (secondary N) is 3. The molecule has 0 atom stereocenters. The molecule has 4 aromatic rings. The number of aromatic nitrogens is 2. The van der Waals surface area contributed by atoms with E-state index in [1.54, 1.807) is 42.8 Å². The molecule has 2 amide bonds. The van der Waals surface area contributed by atoms with Gasteiger partial charge in [0.15, 0.2) is 5.82 Å². The van der Waals surface area contributed by atoms with E-state index < -0.39 is 0 Å². The lowest BCUT2D eigenvalue weighted by molar-refractivity contribution is 0.0953. The fraction of sp³-hybridized carbons (Fsp3) is 0.290. The molecule has 2 heterocycles. The number of anilines is 4. The molecule has 0 saturated carbocycles. The van der Waals surface area contributed by atoms with Crippen LogP contribution in [0, 0.1) is 6.92 Å². The smallest absolute Gasteiger partial charge is 0.293 e. The van der Waals surface area contributed by atoms with E-state index in [0.717, 1.165) is 35.3 Å². The first kappa shape index (κ1) is 28.1. The summed E-state index contributed by atoms with van der Waals surface area (Å²) in [5.41, 5.74) is 11.2. The van der Waals surface area contributed by atoms with Crippen LogP contribution >= 0.6 is 11.3 Å². The Balaban J connectivity index is 1.39. The highest BCUT2D eigenvalue weighted by molar-refractivity contribution is 7.14. The molecule has 1 aliphatic carbocycles. The van der Waals surface area contributed by atoms with Crippen LogP contribution in [-0.2, 0) is 19.9 Å². The molecule has 1 aliphatic rings. The van der Waals surface area contributed by atoms with E-state index in [9.17, 15) is 14.4 Å². The lowest BCUT2D eigenvalue weighted by Gasteiger charge is -2.15. The van der Waals surface area contributed by atoms with Crippen LogP contribution in [0.3, 0.4) is 0 Å². The van der Waals surface area contributed by atoms with Gasteiger partial charge in [0.2, 0.25) is 0 Å². The standard InChI is InChI=1S/C31H34N6O3S/c1-4-14-33-29(38)22-13-12-20(16-23(22)32)34-28-31(40)37(3)17-25(35-28)21-9-7-10-24(18(21)2)36-30(39)27-15-19-8-5-6-11-26(19)41-27/h7,9-10,12-13,15-17H,4-6,8,11,14,32H2,1-3H3,(H,33,38)(H,34,35)(H,36,39). The van der Waals surface area contributed by atoms with Crippen molar-refractivity contribution in [3.05, 3.63) is 85.5 Å². The third-order valence-electron chi connectivity index (χ3n) is 7.24. The monoisotopic (exact) mass is 570 g/mol. The van der Waals surface area contributed by atoms with Gasteiger partial charge in [0.25, 0.3) is 17.4 Å². The molecule has 41 heavy (non-hydrogen) atoms. The van der Waals surface area contributed by atoms with Crippen LogP contribution in [0.1, 0.15) is 62.2 Å². The SMILES string of the molecule is CCCNC(=O)c1ccc(Nc2nc(-c3cccc(NC(=O)c4cc5c(s4)CCCC5)c3C)cn(C)c2=O)cc1N. The van der Waals surface area contributed by atoms with E-state index in [4.69, 9.17) is 5.73 Å². The molecule has 0 aliphatic heterocycles. The minimum absolute atomic E-state index is 0.116. The molecular weight excluding hydrogens is 536 g/mol. The molecule has 10 heteroatoms. The predicted molar refractivity (Wildman–Crippen MR) is 165 cm³/mol. The van der Waals surface area contributed by atoms with Crippen molar-refractivity contribution in [1.82, 2.24) is 14.9 Å². The molecule has 0 saturated heterocycles. The van der Waals surface area contributed by atoms with E-state index >= 15 is 0 Å². The highest BCUT2D eigenvalue weighted by atomic mass is 32.1. The second-order valence-electron chi connectivity index (χ2n) is 10.3. The van der Waals surface area contributed by atoms with Gasteiger partial charge in [-0.05, 0) is 80.5 Å². The van der Waals surface area contributed by atoms with Gasteiger partial charge in [0.05, 0.1) is 16.1 Å². The molecule has 9 nitrogen and oxygen atoms in total. The summed E-state index contributed by atoms with van der Waals surface area (Å²) in [6.45, 7) is 4.46. The van der Waals surface area contributed by atoms with Crippen LogP contribution in [0.25, 0.3) is 11.3 Å². The van der Waals surface area contributed by atoms with E-state index in [1.807, 2.05) is 38.1 Å². The number of nitrogens with two attached hydrogens (primary N) is 1. The van der Waals surface area contributed by atoms with Crippen LogP contribution in [0.5, 0.6) is 0 Å². The summed E-state index contributed by atoms with van der Waals surface area (Å²) in [6, 6.07) is 12.6. The minimum atomic E-state index is -0.319. The van der Waals surface area contributed by atoms with Gasteiger partial charge in [-0.3, -0.25) is 14.4 Å². The molecule has 0 spiro atoms. The normalized spacial score (nSPS) is 12.5. The van der Waals surface area contributed by atoms with E-state index in [0.29, 0.717) is 34.9 Å². The van der Waals surface area contributed by atoms with Crippen LogP contribution in [0.2, 0.25) is 0 Å². The maximum atomic E-state index is 13.1. The molecule has 0 radical (unpaired) electrons. The quantitative estimate of drug-likeness (QED) is 0.209. The Morgan fingerprint density at radius 1 is 1.10 bits per heavy atom. The maximum absolute atomic E-state index is 13.1. The first-order valence-corrected chi connectivity index (χ1v) is 14.6. The summed E-state index contributed by atoms with van der Waals surface area (Å²) in [5.74, 6) is -0.247. The van der Waals surface area contributed by atoms with Crippen molar-refractivity contribution in [2.24, 2.45) is 7.05 Å². The third-order valence-corrected chi connectivity index (χ3v) is 8.48. The molecule has 212 valence electrons. The number of benzene rings is 2. The number of amides is 2. The Kier molecular flexibility index (Phi) is 8.21. The zero-order valence-electron chi connectivity index (χ0n) is 23.5. The van der Waals surface area contributed by atoms with Crippen molar-refractivity contribution >= 4 is 46.0 Å². The van der Waals surface area contributed by atoms with Gasteiger partial charge in [-0.2, -0.15) is 0 Å². The van der Waals surface area contributed by atoms with Crippen molar-refractivity contribution < 1.29 is 9.59 Å². The third kappa shape index (κ3) is 6.02. The van der Waals surface area contributed by atoms with Crippen LogP contribution in [0.15, 0.2) is 53.5 Å². The zero-order valence-corrected chi connectivity index (χ0v) is 24.3. The average Bonchev–Trinajstić information content (AvgIpc) is 3.40. The van der Waals surface area contributed by atoms with Gasteiger partial charge < -0.3 is 26.3 Å². The van der Waals surface area contributed by atoms with E-state index in [2.05, 4.69) is 20.9 Å². The van der Waals surface area contributed by atoms with Crippen molar-refractivity contribution in [3.8, 4) is 11.3 Å².